The lowest BCUT2D eigenvalue weighted by atomic mass is 10.1. The quantitative estimate of drug-likeness (QED) is 0.805. The van der Waals surface area contributed by atoms with Crippen molar-refractivity contribution in [3.63, 3.8) is 0 Å². The molecule has 3 nitrogen and oxygen atoms in total. The number of thioether (sulfide) groups is 1. The van der Waals surface area contributed by atoms with E-state index in [1.807, 2.05) is 54.6 Å². The molecule has 1 heterocycles. The number of Topliss-reactive ketones (excluding diaryl/α,β-unsaturated/α-hetero) is 1. The van der Waals surface area contributed by atoms with Crippen LogP contribution in [0.25, 0.3) is 6.08 Å². The zero-order valence-electron chi connectivity index (χ0n) is 11.1. The van der Waals surface area contributed by atoms with E-state index in [2.05, 4.69) is 0 Å². The van der Waals surface area contributed by atoms with Crippen LogP contribution in [0.1, 0.15) is 15.9 Å². The Labute approximate surface area is 126 Å². The molecule has 3 rings (SSSR count). The van der Waals surface area contributed by atoms with Gasteiger partial charge in [-0.2, -0.15) is 5.26 Å². The van der Waals surface area contributed by atoms with Crippen LogP contribution < -0.4 is 4.74 Å². The van der Waals surface area contributed by atoms with E-state index in [0.29, 0.717) is 10.7 Å². The lowest BCUT2D eigenvalue weighted by molar-refractivity contribution is 0.104. The Kier molecular flexibility index (Phi) is 3.76. The predicted molar refractivity (Wildman–Crippen MR) is 82.2 cm³/mol. The van der Waals surface area contributed by atoms with Crippen LogP contribution >= 0.6 is 11.8 Å². The highest BCUT2D eigenvalue weighted by Gasteiger charge is 2.25. The molecule has 0 amide bonds. The number of allylic oxidation sites excluding steroid dienone is 1. The lowest BCUT2D eigenvalue weighted by Gasteiger charge is -2.05. The Hall–Kier alpha value is -2.51. The Bertz CT molecular complexity index is 774. The molecular formula is C17H11NO2S. The van der Waals surface area contributed by atoms with Crippen molar-refractivity contribution in [1.82, 2.24) is 0 Å². The molecule has 0 aromatic heterocycles. The van der Waals surface area contributed by atoms with Crippen molar-refractivity contribution in [2.24, 2.45) is 0 Å². The fourth-order valence-corrected chi connectivity index (χ4v) is 3.16. The predicted octanol–water partition coefficient (Wildman–Crippen LogP) is 3.92. The molecule has 0 N–H and O–H groups in total. The number of para-hydroxylation sites is 1. The fraction of sp³-hybridized carbons (Fsp3) is 0.0588. The topological polar surface area (TPSA) is 50.1 Å². The van der Waals surface area contributed by atoms with Gasteiger partial charge >= 0.3 is 0 Å². The third kappa shape index (κ3) is 2.69. The van der Waals surface area contributed by atoms with Gasteiger partial charge in [-0.1, -0.05) is 42.1 Å². The minimum atomic E-state index is -0.0124. The Balaban J connectivity index is 1.94. The van der Waals surface area contributed by atoms with Gasteiger partial charge in [-0.3, -0.25) is 4.79 Å². The Morgan fingerprint density at radius 2 is 1.90 bits per heavy atom. The normalized spacial score (nSPS) is 14.8. The number of nitrogens with zero attached hydrogens (tertiary/aromatic N) is 1. The molecule has 0 fully saturated rings. The van der Waals surface area contributed by atoms with E-state index in [1.54, 1.807) is 6.07 Å². The molecule has 2 aromatic carbocycles. The van der Waals surface area contributed by atoms with Gasteiger partial charge < -0.3 is 4.74 Å². The number of nitriles is 1. The summed E-state index contributed by atoms with van der Waals surface area (Å²) in [5, 5.41) is 8.61. The molecule has 0 bridgehead atoms. The molecule has 2 aromatic rings. The minimum Gasteiger partial charge on any atom is -0.478 e. The molecule has 0 radical (unpaired) electrons. The van der Waals surface area contributed by atoms with E-state index in [-0.39, 0.29) is 12.4 Å². The first-order valence-electron chi connectivity index (χ1n) is 6.41. The van der Waals surface area contributed by atoms with Crippen LogP contribution in [0.3, 0.4) is 0 Å². The molecular weight excluding hydrogens is 282 g/mol. The molecule has 0 spiro atoms. The molecule has 0 unspecified atom stereocenters. The largest absolute Gasteiger partial charge is 0.478 e. The van der Waals surface area contributed by atoms with Crippen molar-refractivity contribution < 1.29 is 9.53 Å². The molecule has 1 aliphatic heterocycles. The maximum absolute atomic E-state index is 12.3. The van der Waals surface area contributed by atoms with Gasteiger partial charge in [0.25, 0.3) is 0 Å². The van der Waals surface area contributed by atoms with E-state index in [1.165, 1.54) is 11.8 Å². The maximum atomic E-state index is 12.3. The van der Waals surface area contributed by atoms with Crippen LogP contribution in [0.2, 0.25) is 0 Å². The molecule has 21 heavy (non-hydrogen) atoms. The van der Waals surface area contributed by atoms with Gasteiger partial charge in [-0.25, -0.2) is 0 Å². The number of carbonyl (C=O) groups is 1. The van der Waals surface area contributed by atoms with Crippen LogP contribution in [0.5, 0.6) is 5.75 Å². The van der Waals surface area contributed by atoms with Crippen molar-refractivity contribution in [3.8, 4) is 11.8 Å². The van der Waals surface area contributed by atoms with E-state index in [4.69, 9.17) is 10.00 Å². The summed E-state index contributed by atoms with van der Waals surface area (Å²) in [5.74, 6) is 0.640. The van der Waals surface area contributed by atoms with E-state index in [0.717, 1.165) is 16.0 Å². The van der Waals surface area contributed by atoms with Crippen molar-refractivity contribution >= 4 is 23.6 Å². The summed E-state index contributed by atoms with van der Waals surface area (Å²) in [6.45, 7) is -0.0124. The number of ketones is 1. The standard InChI is InChI=1S/C17H11NO2S/c18-9-10-20-14-7-3-1-5-12(14)11-16-17(19)13-6-2-4-8-15(13)21-16/h1-8,11H,10H2/b16-11+. The summed E-state index contributed by atoms with van der Waals surface area (Å²) >= 11 is 1.46. The Morgan fingerprint density at radius 1 is 1.14 bits per heavy atom. The van der Waals surface area contributed by atoms with Crippen molar-refractivity contribution in [2.45, 2.75) is 4.90 Å². The second-order valence-electron chi connectivity index (χ2n) is 4.42. The summed E-state index contributed by atoms with van der Waals surface area (Å²) < 4.78 is 5.38. The number of rotatable bonds is 3. The van der Waals surface area contributed by atoms with Crippen molar-refractivity contribution in [3.05, 3.63) is 64.6 Å². The summed E-state index contributed by atoms with van der Waals surface area (Å²) in [6, 6.07) is 16.9. The summed E-state index contributed by atoms with van der Waals surface area (Å²) in [6.07, 6.45) is 1.82. The molecule has 4 heteroatoms. The molecule has 102 valence electrons. The van der Waals surface area contributed by atoms with E-state index < -0.39 is 0 Å². The van der Waals surface area contributed by atoms with Crippen LogP contribution in [-0.4, -0.2) is 12.4 Å². The zero-order valence-corrected chi connectivity index (χ0v) is 11.9. The van der Waals surface area contributed by atoms with E-state index in [9.17, 15) is 4.79 Å². The van der Waals surface area contributed by atoms with Gasteiger partial charge in [0.2, 0.25) is 5.78 Å². The number of hydrogen-bond acceptors (Lipinski definition) is 4. The average molecular weight is 293 g/mol. The second kappa shape index (κ2) is 5.86. The molecule has 0 saturated carbocycles. The molecule has 0 aliphatic carbocycles. The van der Waals surface area contributed by atoms with Crippen LogP contribution in [0.15, 0.2) is 58.3 Å². The monoisotopic (exact) mass is 293 g/mol. The minimum absolute atomic E-state index is 0.0124. The smallest absolute Gasteiger partial charge is 0.200 e. The number of fused-ring (bicyclic) bond motifs is 1. The van der Waals surface area contributed by atoms with Gasteiger partial charge in [-0.05, 0) is 24.3 Å². The Morgan fingerprint density at radius 3 is 2.71 bits per heavy atom. The molecule has 1 aliphatic rings. The lowest BCUT2D eigenvalue weighted by Crippen LogP contribution is -1.97. The first kappa shape index (κ1) is 13.5. The van der Waals surface area contributed by atoms with Crippen molar-refractivity contribution in [1.29, 1.82) is 5.26 Å². The summed E-state index contributed by atoms with van der Waals surface area (Å²) in [5.41, 5.74) is 1.54. The summed E-state index contributed by atoms with van der Waals surface area (Å²) in [4.78, 5) is 14.0. The highest BCUT2D eigenvalue weighted by Crippen LogP contribution is 2.41. The zero-order chi connectivity index (χ0) is 14.7. The number of benzene rings is 2. The first-order valence-corrected chi connectivity index (χ1v) is 7.23. The highest BCUT2D eigenvalue weighted by molar-refractivity contribution is 8.04. The molecule has 0 saturated heterocycles. The first-order chi connectivity index (χ1) is 10.3. The van der Waals surface area contributed by atoms with Gasteiger partial charge in [-0.15, -0.1) is 0 Å². The van der Waals surface area contributed by atoms with Gasteiger partial charge in [0, 0.05) is 16.0 Å². The molecule has 0 atom stereocenters. The average Bonchev–Trinajstić information content (AvgIpc) is 2.83. The van der Waals surface area contributed by atoms with Crippen molar-refractivity contribution in [2.75, 3.05) is 6.61 Å². The number of ether oxygens (including phenoxy) is 1. The van der Waals surface area contributed by atoms with Gasteiger partial charge in [0.15, 0.2) is 6.61 Å². The van der Waals surface area contributed by atoms with E-state index >= 15 is 0 Å². The third-order valence-corrected chi connectivity index (χ3v) is 4.17. The highest BCUT2D eigenvalue weighted by atomic mass is 32.2. The third-order valence-electron chi connectivity index (χ3n) is 3.07. The van der Waals surface area contributed by atoms with Crippen LogP contribution in [0, 0.1) is 11.3 Å². The van der Waals surface area contributed by atoms with Crippen LogP contribution in [-0.2, 0) is 0 Å². The maximum Gasteiger partial charge on any atom is 0.200 e. The van der Waals surface area contributed by atoms with Crippen LogP contribution in [0.4, 0.5) is 0 Å². The van der Waals surface area contributed by atoms with Gasteiger partial charge in [0.05, 0.1) is 4.91 Å². The SMILES string of the molecule is N#CCOc1ccccc1/C=C1/Sc2ccccc2C1=O. The fourth-order valence-electron chi connectivity index (χ4n) is 2.12. The van der Waals surface area contributed by atoms with Gasteiger partial charge in [0.1, 0.15) is 11.8 Å². The summed E-state index contributed by atoms with van der Waals surface area (Å²) in [7, 11) is 0. The number of carbonyl (C=O) groups excluding carboxylic acids is 1. The number of hydrogen-bond donors (Lipinski definition) is 0. The second-order valence-corrected chi connectivity index (χ2v) is 5.50.